The number of ether oxygens (including phenoxy) is 1. The third-order valence-electron chi connectivity index (χ3n) is 3.38. The van der Waals surface area contributed by atoms with E-state index in [9.17, 15) is 4.79 Å². The van der Waals surface area contributed by atoms with Crippen LogP contribution in [-0.2, 0) is 13.6 Å². The molecule has 0 amide bonds. The molecule has 1 N–H and O–H groups in total. The highest BCUT2D eigenvalue weighted by Crippen LogP contribution is 2.20. The average molecular weight is 290 g/mol. The van der Waals surface area contributed by atoms with Gasteiger partial charge in [-0.1, -0.05) is 19.1 Å². The first kappa shape index (κ1) is 15.3. The summed E-state index contributed by atoms with van der Waals surface area (Å²) in [5.74, 6) is 0.809. The fourth-order valence-electron chi connectivity index (χ4n) is 2.18. The zero-order valence-electron chi connectivity index (χ0n) is 12.7. The molecule has 1 aromatic carbocycles. The molecule has 0 aliphatic heterocycles. The summed E-state index contributed by atoms with van der Waals surface area (Å²) in [5.41, 5.74) is 0.974. The normalized spacial score (nSPS) is 12.3. The summed E-state index contributed by atoms with van der Waals surface area (Å²) in [6, 6.07) is 7.90. The highest BCUT2D eigenvalue weighted by atomic mass is 16.5. The lowest BCUT2D eigenvalue weighted by molar-refractivity contribution is 0.406. The number of rotatable bonds is 7. The van der Waals surface area contributed by atoms with Crippen molar-refractivity contribution in [2.24, 2.45) is 7.05 Å². The number of aromatic nitrogens is 3. The van der Waals surface area contributed by atoms with Crippen LogP contribution in [0.3, 0.4) is 0 Å². The van der Waals surface area contributed by atoms with Gasteiger partial charge in [0.25, 0.3) is 0 Å². The van der Waals surface area contributed by atoms with Crippen molar-refractivity contribution in [3.8, 4) is 5.75 Å². The fourth-order valence-corrected chi connectivity index (χ4v) is 2.18. The first-order valence-electron chi connectivity index (χ1n) is 7.11. The van der Waals surface area contributed by atoms with E-state index in [2.05, 4.69) is 17.3 Å². The van der Waals surface area contributed by atoms with Crippen LogP contribution in [0.2, 0.25) is 0 Å². The number of nitrogens with zero attached hydrogens (tertiary/aromatic N) is 3. The van der Waals surface area contributed by atoms with Crippen molar-refractivity contribution in [2.45, 2.75) is 25.9 Å². The van der Waals surface area contributed by atoms with E-state index in [0.717, 1.165) is 24.3 Å². The zero-order chi connectivity index (χ0) is 15.2. The van der Waals surface area contributed by atoms with E-state index in [1.165, 1.54) is 15.6 Å². The Morgan fingerprint density at radius 3 is 2.86 bits per heavy atom. The van der Waals surface area contributed by atoms with E-state index in [1.54, 1.807) is 14.2 Å². The average Bonchev–Trinajstić information content (AvgIpc) is 2.83. The molecule has 0 fully saturated rings. The van der Waals surface area contributed by atoms with Gasteiger partial charge in [0.05, 0.1) is 19.7 Å². The van der Waals surface area contributed by atoms with E-state index in [1.807, 2.05) is 24.3 Å². The quantitative estimate of drug-likeness (QED) is 0.836. The number of hydrogen-bond donors (Lipinski definition) is 1. The summed E-state index contributed by atoms with van der Waals surface area (Å²) in [5, 5.41) is 7.58. The van der Waals surface area contributed by atoms with Crippen LogP contribution in [0.1, 0.15) is 24.9 Å². The van der Waals surface area contributed by atoms with Crippen LogP contribution in [0, 0.1) is 0 Å². The molecule has 0 saturated carbocycles. The number of aryl methyl sites for hydroxylation is 1. The molecule has 2 rings (SSSR count). The Balaban J connectivity index is 2.24. The van der Waals surface area contributed by atoms with Gasteiger partial charge in [-0.15, -0.1) is 0 Å². The van der Waals surface area contributed by atoms with Crippen LogP contribution in [0.5, 0.6) is 5.75 Å². The molecule has 0 radical (unpaired) electrons. The molecule has 1 heterocycles. The first-order valence-corrected chi connectivity index (χ1v) is 7.11. The molecule has 1 unspecified atom stereocenters. The maximum absolute atomic E-state index is 11.9. The Bertz CT molecular complexity index is 633. The Kier molecular flexibility index (Phi) is 5.16. The molecule has 0 aliphatic carbocycles. The second kappa shape index (κ2) is 7.08. The van der Waals surface area contributed by atoms with E-state index in [-0.39, 0.29) is 11.7 Å². The monoisotopic (exact) mass is 290 g/mol. The van der Waals surface area contributed by atoms with Gasteiger partial charge in [-0.25, -0.2) is 9.48 Å². The highest BCUT2D eigenvalue weighted by Gasteiger charge is 2.14. The number of hydrogen-bond acceptors (Lipinski definition) is 4. The third kappa shape index (κ3) is 3.72. The highest BCUT2D eigenvalue weighted by molar-refractivity contribution is 5.30. The molecular weight excluding hydrogens is 268 g/mol. The van der Waals surface area contributed by atoms with Crippen LogP contribution in [0.25, 0.3) is 0 Å². The van der Waals surface area contributed by atoms with Crippen molar-refractivity contribution in [3.63, 3.8) is 0 Å². The minimum atomic E-state index is -0.110. The zero-order valence-corrected chi connectivity index (χ0v) is 12.7. The van der Waals surface area contributed by atoms with Crippen molar-refractivity contribution >= 4 is 0 Å². The number of methoxy groups -OCH3 is 1. The second-order valence-electron chi connectivity index (χ2n) is 4.99. The minimum absolute atomic E-state index is 0.0210. The standard InChI is InChI=1S/C15H22N4O2/c1-4-8-16-14(10-19-15(20)18(2)11-17-19)12-6-5-7-13(9-12)21-3/h5-7,9,11,14,16H,4,8,10H2,1-3H3. The van der Waals surface area contributed by atoms with Gasteiger partial charge in [0.2, 0.25) is 0 Å². The Morgan fingerprint density at radius 1 is 1.43 bits per heavy atom. The Labute approximate surface area is 124 Å². The van der Waals surface area contributed by atoms with Crippen molar-refractivity contribution in [1.29, 1.82) is 0 Å². The summed E-state index contributed by atoms with van der Waals surface area (Å²) in [6.45, 7) is 3.48. The smallest absolute Gasteiger partial charge is 0.345 e. The maximum atomic E-state index is 11.9. The van der Waals surface area contributed by atoms with Crippen LogP contribution in [0.4, 0.5) is 0 Å². The molecular formula is C15H22N4O2. The molecule has 0 bridgehead atoms. The van der Waals surface area contributed by atoms with Crippen molar-refractivity contribution in [3.05, 3.63) is 46.6 Å². The van der Waals surface area contributed by atoms with Gasteiger partial charge >= 0.3 is 5.69 Å². The number of nitrogens with one attached hydrogen (secondary N) is 1. The van der Waals surface area contributed by atoms with E-state index in [4.69, 9.17) is 4.74 Å². The molecule has 1 atom stereocenters. The predicted molar refractivity (Wildman–Crippen MR) is 81.5 cm³/mol. The number of benzene rings is 1. The lowest BCUT2D eigenvalue weighted by Gasteiger charge is -2.19. The minimum Gasteiger partial charge on any atom is -0.497 e. The Hall–Kier alpha value is -2.08. The first-order chi connectivity index (χ1) is 10.2. The summed E-state index contributed by atoms with van der Waals surface area (Å²) < 4.78 is 8.23. The SMILES string of the molecule is CCCNC(Cn1ncn(C)c1=O)c1cccc(OC)c1. The second-order valence-corrected chi connectivity index (χ2v) is 4.99. The predicted octanol–water partition coefficient (Wildman–Crippen LogP) is 1.33. The van der Waals surface area contributed by atoms with Crippen molar-refractivity contribution < 1.29 is 4.74 Å². The van der Waals surface area contributed by atoms with Crippen molar-refractivity contribution in [2.75, 3.05) is 13.7 Å². The summed E-state index contributed by atoms with van der Waals surface area (Å²) >= 11 is 0. The molecule has 0 aliphatic rings. The molecule has 6 heteroatoms. The molecule has 1 aromatic heterocycles. The third-order valence-corrected chi connectivity index (χ3v) is 3.38. The fraction of sp³-hybridized carbons (Fsp3) is 0.467. The summed E-state index contributed by atoms with van der Waals surface area (Å²) in [6.07, 6.45) is 2.56. The lowest BCUT2D eigenvalue weighted by atomic mass is 10.1. The van der Waals surface area contributed by atoms with E-state index < -0.39 is 0 Å². The van der Waals surface area contributed by atoms with Gasteiger partial charge in [-0.2, -0.15) is 5.10 Å². The van der Waals surface area contributed by atoms with E-state index >= 15 is 0 Å². The van der Waals surface area contributed by atoms with Gasteiger partial charge < -0.3 is 10.1 Å². The van der Waals surface area contributed by atoms with Gasteiger partial charge in [0, 0.05) is 7.05 Å². The largest absolute Gasteiger partial charge is 0.497 e. The molecule has 0 spiro atoms. The Morgan fingerprint density at radius 2 is 2.24 bits per heavy atom. The van der Waals surface area contributed by atoms with Crippen LogP contribution < -0.4 is 15.7 Å². The van der Waals surface area contributed by atoms with Crippen LogP contribution in [0.15, 0.2) is 35.4 Å². The molecule has 6 nitrogen and oxygen atoms in total. The molecule has 2 aromatic rings. The van der Waals surface area contributed by atoms with Crippen molar-refractivity contribution in [1.82, 2.24) is 19.7 Å². The van der Waals surface area contributed by atoms with Gasteiger partial charge in [0.15, 0.2) is 0 Å². The molecule has 114 valence electrons. The maximum Gasteiger partial charge on any atom is 0.345 e. The van der Waals surface area contributed by atoms with Crippen LogP contribution in [-0.4, -0.2) is 28.0 Å². The van der Waals surface area contributed by atoms with E-state index in [0.29, 0.717) is 6.54 Å². The van der Waals surface area contributed by atoms with Gasteiger partial charge in [-0.05, 0) is 30.7 Å². The lowest BCUT2D eigenvalue weighted by Crippen LogP contribution is -2.32. The summed E-state index contributed by atoms with van der Waals surface area (Å²) in [4.78, 5) is 11.9. The van der Waals surface area contributed by atoms with Crippen LogP contribution >= 0.6 is 0 Å². The van der Waals surface area contributed by atoms with Gasteiger partial charge in [-0.3, -0.25) is 4.57 Å². The topological polar surface area (TPSA) is 61.1 Å². The molecule has 0 saturated heterocycles. The molecule has 21 heavy (non-hydrogen) atoms. The summed E-state index contributed by atoms with van der Waals surface area (Å²) in [7, 11) is 3.35. The van der Waals surface area contributed by atoms with Gasteiger partial charge in [0.1, 0.15) is 12.1 Å².